The second-order valence-electron chi connectivity index (χ2n) is 7.91. The molecule has 1 aliphatic rings. The van der Waals surface area contributed by atoms with Gasteiger partial charge in [-0.05, 0) is 49.4 Å². The Bertz CT molecular complexity index is 1210. The Balaban J connectivity index is 1.70. The van der Waals surface area contributed by atoms with Crippen molar-refractivity contribution in [3.8, 4) is 17.0 Å². The first-order valence-electron chi connectivity index (χ1n) is 10.3. The molecule has 172 valence electrons. The normalized spacial score (nSPS) is 14.2. The van der Waals surface area contributed by atoms with Gasteiger partial charge in [-0.2, -0.15) is 8.78 Å². The smallest absolute Gasteiger partial charge is 0.387 e. The molecular weight excluding hydrogens is 460 g/mol. The van der Waals surface area contributed by atoms with Gasteiger partial charge in [-0.1, -0.05) is 12.1 Å². The largest absolute Gasteiger partial charge is 0.435 e. The predicted molar refractivity (Wildman–Crippen MR) is 124 cm³/mol. The lowest BCUT2D eigenvalue weighted by Gasteiger charge is -2.13. The number of nitrogen functional groups attached to an aromatic ring is 1. The molecule has 3 N–H and O–H groups in total. The molecule has 0 bridgehead atoms. The van der Waals surface area contributed by atoms with Crippen molar-refractivity contribution in [2.75, 3.05) is 22.1 Å². The lowest BCUT2D eigenvalue weighted by molar-refractivity contribution is -0.0497. The summed E-state index contributed by atoms with van der Waals surface area (Å²) in [6.07, 6.45) is 2.58. The van der Waals surface area contributed by atoms with E-state index < -0.39 is 16.6 Å². The van der Waals surface area contributed by atoms with Crippen molar-refractivity contribution in [1.82, 2.24) is 4.57 Å². The van der Waals surface area contributed by atoms with Crippen LogP contribution in [0, 0.1) is 5.92 Å². The van der Waals surface area contributed by atoms with E-state index in [4.69, 9.17) is 17.3 Å². The number of rotatable bonds is 10. The Labute approximate surface area is 190 Å². The van der Waals surface area contributed by atoms with Gasteiger partial charge in [0.1, 0.15) is 5.75 Å². The average molecular weight is 484 g/mol. The topological polar surface area (TPSA) is 86.4 Å². The molecule has 4 rings (SSSR count). The number of nitrogens with two attached hydrogens (primary N) is 1. The minimum atomic E-state index is -3.47. The van der Waals surface area contributed by atoms with Crippen molar-refractivity contribution >= 4 is 43.9 Å². The highest BCUT2D eigenvalue weighted by molar-refractivity contribution is 7.92. The maximum Gasteiger partial charge on any atom is 0.387 e. The Morgan fingerprint density at radius 3 is 2.53 bits per heavy atom. The Kier molecular flexibility index (Phi) is 6.48. The summed E-state index contributed by atoms with van der Waals surface area (Å²) in [5.41, 5.74) is 9.78. The maximum atomic E-state index is 12.7. The van der Waals surface area contributed by atoms with Gasteiger partial charge < -0.3 is 15.0 Å². The number of hydrogen-bond donors (Lipinski definition) is 2. The molecule has 0 amide bonds. The molecule has 0 unspecified atom stereocenters. The van der Waals surface area contributed by atoms with Crippen molar-refractivity contribution in [2.24, 2.45) is 5.92 Å². The molecule has 10 heteroatoms. The monoisotopic (exact) mass is 483 g/mol. The molecule has 6 nitrogen and oxygen atoms in total. The van der Waals surface area contributed by atoms with Gasteiger partial charge in [0.05, 0.1) is 22.7 Å². The third kappa shape index (κ3) is 5.10. The molecule has 0 aliphatic heterocycles. The molecule has 0 saturated heterocycles. The highest BCUT2D eigenvalue weighted by Crippen LogP contribution is 2.41. The number of nitrogens with one attached hydrogen (secondary N) is 1. The Morgan fingerprint density at radius 1 is 1.19 bits per heavy atom. The zero-order chi connectivity index (χ0) is 22.9. The van der Waals surface area contributed by atoms with Crippen LogP contribution < -0.4 is 15.2 Å². The van der Waals surface area contributed by atoms with E-state index in [2.05, 4.69) is 9.46 Å². The van der Waals surface area contributed by atoms with Gasteiger partial charge in [0.2, 0.25) is 10.0 Å². The number of sulfonamides is 1. The summed E-state index contributed by atoms with van der Waals surface area (Å²) in [6.45, 7) is -2.19. The number of alkyl halides is 3. The van der Waals surface area contributed by atoms with E-state index >= 15 is 0 Å². The van der Waals surface area contributed by atoms with Crippen LogP contribution in [0.25, 0.3) is 22.2 Å². The number of hydrogen-bond acceptors (Lipinski definition) is 4. The SMILES string of the molecule is Nc1c(-c2ccc(NS(=O)(=O)CCCCl)cc2)n(CC2CC2)c2cc(OC(F)F)ccc12. The van der Waals surface area contributed by atoms with E-state index in [0.717, 1.165) is 35.0 Å². The maximum absolute atomic E-state index is 12.7. The van der Waals surface area contributed by atoms with Crippen LogP contribution >= 0.6 is 11.6 Å². The van der Waals surface area contributed by atoms with Crippen LogP contribution in [0.1, 0.15) is 19.3 Å². The van der Waals surface area contributed by atoms with Gasteiger partial charge in [0.25, 0.3) is 0 Å². The third-order valence-electron chi connectivity index (χ3n) is 5.42. The standard InChI is InChI=1S/C22H24ClF2N3O3S/c23-10-1-11-32(29,30)27-16-6-4-15(5-7-16)21-20(26)18-9-8-17(31-22(24)25)12-19(18)28(21)13-14-2-3-14/h4-9,12,14,22,27H,1-3,10-11,13,26H2. The number of halogens is 3. The highest BCUT2D eigenvalue weighted by Gasteiger charge is 2.26. The van der Waals surface area contributed by atoms with Gasteiger partial charge in [0, 0.05) is 35.1 Å². The molecule has 1 saturated carbocycles. The van der Waals surface area contributed by atoms with Crippen LogP contribution in [0.5, 0.6) is 5.75 Å². The number of anilines is 2. The molecule has 3 aromatic rings. The number of fused-ring (bicyclic) bond motifs is 1. The fourth-order valence-electron chi connectivity index (χ4n) is 3.76. The van der Waals surface area contributed by atoms with E-state index in [9.17, 15) is 17.2 Å². The van der Waals surface area contributed by atoms with E-state index in [1.165, 1.54) is 6.07 Å². The van der Waals surface area contributed by atoms with Gasteiger partial charge in [0.15, 0.2) is 0 Å². The van der Waals surface area contributed by atoms with Gasteiger partial charge in [-0.25, -0.2) is 8.42 Å². The number of benzene rings is 2. The molecule has 1 aromatic heterocycles. The molecule has 0 spiro atoms. The van der Waals surface area contributed by atoms with Crippen LogP contribution in [0.2, 0.25) is 0 Å². The summed E-state index contributed by atoms with van der Waals surface area (Å²) >= 11 is 5.59. The fourth-order valence-corrected chi connectivity index (χ4v) is 5.18. The second-order valence-corrected chi connectivity index (χ2v) is 10.1. The van der Waals surface area contributed by atoms with E-state index in [-0.39, 0.29) is 17.4 Å². The summed E-state index contributed by atoms with van der Waals surface area (Å²) < 4.78 is 58.8. The third-order valence-corrected chi connectivity index (χ3v) is 7.06. The Morgan fingerprint density at radius 2 is 1.91 bits per heavy atom. The lowest BCUT2D eigenvalue weighted by atomic mass is 10.1. The lowest BCUT2D eigenvalue weighted by Crippen LogP contribution is -2.16. The van der Waals surface area contributed by atoms with Crippen LogP contribution in [0.4, 0.5) is 20.2 Å². The van der Waals surface area contributed by atoms with E-state index in [1.54, 1.807) is 36.4 Å². The first kappa shape index (κ1) is 22.7. The quantitative estimate of drug-likeness (QED) is 0.384. The Hall–Kier alpha value is -2.52. The molecule has 0 atom stereocenters. The summed E-state index contributed by atoms with van der Waals surface area (Å²) in [5.74, 6) is 0.810. The molecule has 32 heavy (non-hydrogen) atoms. The van der Waals surface area contributed by atoms with Crippen molar-refractivity contribution < 1.29 is 21.9 Å². The average Bonchev–Trinajstić information content (AvgIpc) is 3.52. The van der Waals surface area contributed by atoms with Crippen LogP contribution in [0.3, 0.4) is 0 Å². The molecule has 1 aliphatic carbocycles. The minimum absolute atomic E-state index is 0.0517. The van der Waals surface area contributed by atoms with Gasteiger partial charge in [-0.3, -0.25) is 4.72 Å². The van der Waals surface area contributed by atoms with Crippen molar-refractivity contribution in [3.63, 3.8) is 0 Å². The zero-order valence-electron chi connectivity index (χ0n) is 17.2. The van der Waals surface area contributed by atoms with Crippen molar-refractivity contribution in [2.45, 2.75) is 32.4 Å². The molecule has 1 fully saturated rings. The van der Waals surface area contributed by atoms with Crippen molar-refractivity contribution in [3.05, 3.63) is 42.5 Å². The van der Waals surface area contributed by atoms with Crippen LogP contribution in [-0.4, -0.2) is 31.2 Å². The van der Waals surface area contributed by atoms with E-state index in [0.29, 0.717) is 30.3 Å². The molecule has 2 aromatic carbocycles. The fraction of sp³-hybridized carbons (Fsp3) is 0.364. The summed E-state index contributed by atoms with van der Waals surface area (Å²) in [7, 11) is -3.47. The molecule has 0 radical (unpaired) electrons. The van der Waals surface area contributed by atoms with Crippen LogP contribution in [-0.2, 0) is 16.6 Å². The number of nitrogens with zero attached hydrogens (tertiary/aromatic N) is 1. The summed E-state index contributed by atoms with van der Waals surface area (Å²) in [6, 6.07) is 11.7. The first-order chi connectivity index (χ1) is 15.3. The number of aromatic nitrogens is 1. The second kappa shape index (κ2) is 9.15. The zero-order valence-corrected chi connectivity index (χ0v) is 18.8. The van der Waals surface area contributed by atoms with Crippen molar-refractivity contribution in [1.29, 1.82) is 0 Å². The highest BCUT2D eigenvalue weighted by atomic mass is 35.5. The van der Waals surface area contributed by atoms with Crippen LogP contribution in [0.15, 0.2) is 42.5 Å². The van der Waals surface area contributed by atoms with Gasteiger partial charge >= 0.3 is 6.61 Å². The molecular formula is C22H24ClF2N3O3S. The minimum Gasteiger partial charge on any atom is -0.435 e. The summed E-state index contributed by atoms with van der Waals surface area (Å²) in [5, 5.41) is 0.758. The van der Waals surface area contributed by atoms with Gasteiger partial charge in [-0.15, -0.1) is 11.6 Å². The molecule has 1 heterocycles. The van der Waals surface area contributed by atoms with E-state index in [1.807, 2.05) is 4.57 Å². The summed E-state index contributed by atoms with van der Waals surface area (Å²) in [4.78, 5) is 0. The number of ether oxygens (including phenoxy) is 1. The predicted octanol–water partition coefficient (Wildman–Crippen LogP) is 5.27. The first-order valence-corrected chi connectivity index (χ1v) is 12.5.